The number of thioether (sulfide) groups is 1. The zero-order chi connectivity index (χ0) is 22.7. The Morgan fingerprint density at radius 3 is 2.58 bits per heavy atom. The number of carbonyl (C=O) groups is 1. The van der Waals surface area contributed by atoms with Crippen LogP contribution in [0.4, 0.5) is 13.2 Å². The summed E-state index contributed by atoms with van der Waals surface area (Å²) in [6.45, 7) is 3.61. The highest BCUT2D eigenvalue weighted by atomic mass is 35.5. The number of aliphatic imine (C=N–C) groups is 1. The molecule has 4 rings (SSSR count). The number of benzene rings is 1. The Bertz CT molecular complexity index is 1250. The van der Waals surface area contributed by atoms with Gasteiger partial charge in [0.2, 0.25) is 10.2 Å². The number of hydrogen-bond donors (Lipinski definition) is 1. The zero-order valence-electron chi connectivity index (χ0n) is 15.9. The summed E-state index contributed by atoms with van der Waals surface area (Å²) in [5, 5.41) is 11.8. The van der Waals surface area contributed by atoms with Crippen LogP contribution in [0, 0.1) is 19.3 Å². The standard InChI is InChI=1S/C19H12Cl2F3N5OS/c1-8-5-10(9(2)28(8)14-7-11(20)3-4-13(14)21)6-12-15(25)29-18(26-16(12)30)31-17(27-29)19(22,23)24/h3-7,25H,1-2H3/b12-6+,25-15?. The van der Waals surface area contributed by atoms with Crippen molar-refractivity contribution in [2.24, 2.45) is 10.1 Å². The fourth-order valence-corrected chi connectivity index (χ4v) is 4.35. The van der Waals surface area contributed by atoms with Gasteiger partial charge in [-0.1, -0.05) is 23.2 Å². The van der Waals surface area contributed by atoms with E-state index in [1.807, 2.05) is 11.5 Å². The van der Waals surface area contributed by atoms with Crippen LogP contribution in [0.25, 0.3) is 11.8 Å². The summed E-state index contributed by atoms with van der Waals surface area (Å²) in [4.78, 5) is 16.1. The van der Waals surface area contributed by atoms with Crippen LogP contribution < -0.4 is 0 Å². The van der Waals surface area contributed by atoms with E-state index in [-0.39, 0.29) is 22.5 Å². The SMILES string of the molecule is Cc1cc(/C=C2\C(=N)N3N=C(C(F)(F)F)SC3=NC2=O)c(C)n1-c1cc(Cl)ccc1Cl. The van der Waals surface area contributed by atoms with Crippen molar-refractivity contribution in [3.05, 3.63) is 56.8 Å². The van der Waals surface area contributed by atoms with Crippen molar-refractivity contribution < 1.29 is 18.0 Å². The van der Waals surface area contributed by atoms with E-state index in [9.17, 15) is 18.0 Å². The molecule has 12 heteroatoms. The molecule has 0 bridgehead atoms. The number of nitrogens with one attached hydrogen (secondary N) is 1. The van der Waals surface area contributed by atoms with Gasteiger partial charge in [-0.2, -0.15) is 28.3 Å². The maximum absolute atomic E-state index is 13.0. The lowest BCUT2D eigenvalue weighted by Gasteiger charge is -2.20. The highest BCUT2D eigenvalue weighted by molar-refractivity contribution is 8.27. The molecular weight excluding hydrogens is 474 g/mol. The number of hydrazone groups is 1. The molecule has 2 aliphatic rings. The molecule has 1 aromatic heterocycles. The Kier molecular flexibility index (Phi) is 5.27. The van der Waals surface area contributed by atoms with Crippen LogP contribution in [0.3, 0.4) is 0 Å². The average Bonchev–Trinajstić information content (AvgIpc) is 3.22. The number of amides is 1. The second-order valence-electron chi connectivity index (χ2n) is 6.68. The third kappa shape index (κ3) is 3.79. The number of hydrogen-bond acceptors (Lipinski definition) is 4. The van der Waals surface area contributed by atoms with E-state index >= 15 is 0 Å². The van der Waals surface area contributed by atoms with Gasteiger partial charge in [-0.25, -0.2) is 0 Å². The van der Waals surface area contributed by atoms with Gasteiger partial charge in [-0.05, 0) is 61.5 Å². The maximum atomic E-state index is 13.0. The molecule has 0 unspecified atom stereocenters. The Hall–Kier alpha value is -2.56. The Morgan fingerprint density at radius 1 is 1.19 bits per heavy atom. The molecule has 1 aromatic carbocycles. The maximum Gasteiger partial charge on any atom is 0.441 e. The third-order valence-corrected chi connectivity index (χ3v) is 6.12. The first-order chi connectivity index (χ1) is 14.5. The first-order valence-corrected chi connectivity index (χ1v) is 10.3. The molecule has 31 heavy (non-hydrogen) atoms. The normalized spacial score (nSPS) is 17.9. The molecule has 0 saturated heterocycles. The van der Waals surface area contributed by atoms with Gasteiger partial charge >= 0.3 is 6.18 Å². The molecule has 1 N–H and O–H groups in total. The van der Waals surface area contributed by atoms with Crippen molar-refractivity contribution in [3.8, 4) is 5.69 Å². The highest BCUT2D eigenvalue weighted by Crippen LogP contribution is 2.36. The Labute approximate surface area is 188 Å². The summed E-state index contributed by atoms with van der Waals surface area (Å²) in [7, 11) is 0. The number of carbonyl (C=O) groups excluding carboxylic acids is 1. The van der Waals surface area contributed by atoms with Crippen LogP contribution in [0.2, 0.25) is 10.0 Å². The second-order valence-corrected chi connectivity index (χ2v) is 8.48. The minimum atomic E-state index is -4.70. The Balaban J connectivity index is 1.77. The molecule has 6 nitrogen and oxygen atoms in total. The Morgan fingerprint density at radius 2 is 1.90 bits per heavy atom. The number of amidine groups is 2. The quantitative estimate of drug-likeness (QED) is 0.564. The van der Waals surface area contributed by atoms with Crippen molar-refractivity contribution in [3.63, 3.8) is 0 Å². The number of nitrogens with zero attached hydrogens (tertiary/aromatic N) is 4. The molecule has 0 saturated carbocycles. The molecular formula is C19H12Cl2F3N5OS. The number of aromatic nitrogens is 1. The summed E-state index contributed by atoms with van der Waals surface area (Å²) < 4.78 is 40.7. The molecule has 2 aromatic rings. The fourth-order valence-electron chi connectivity index (χ4n) is 3.22. The lowest BCUT2D eigenvalue weighted by Crippen LogP contribution is -2.35. The molecule has 160 valence electrons. The van der Waals surface area contributed by atoms with Crippen molar-refractivity contribution >= 4 is 63.0 Å². The largest absolute Gasteiger partial charge is 0.441 e. The van der Waals surface area contributed by atoms with E-state index < -0.39 is 23.0 Å². The third-order valence-electron chi connectivity index (χ3n) is 4.62. The van der Waals surface area contributed by atoms with Gasteiger partial charge in [0, 0.05) is 16.4 Å². The first-order valence-electron chi connectivity index (χ1n) is 8.69. The lowest BCUT2D eigenvalue weighted by molar-refractivity contribution is -0.114. The summed E-state index contributed by atoms with van der Waals surface area (Å²) in [5.74, 6) is -1.29. The number of fused-ring (bicyclic) bond motifs is 1. The highest BCUT2D eigenvalue weighted by Gasteiger charge is 2.46. The van der Waals surface area contributed by atoms with Crippen molar-refractivity contribution in [2.75, 3.05) is 0 Å². The molecule has 0 aliphatic carbocycles. The second kappa shape index (κ2) is 7.54. The topological polar surface area (TPSA) is 73.8 Å². The van der Waals surface area contributed by atoms with E-state index in [0.717, 1.165) is 5.69 Å². The van der Waals surface area contributed by atoms with Gasteiger partial charge < -0.3 is 4.57 Å². The van der Waals surface area contributed by atoms with Gasteiger partial charge in [-0.15, -0.1) is 0 Å². The lowest BCUT2D eigenvalue weighted by atomic mass is 10.1. The number of halogens is 5. The van der Waals surface area contributed by atoms with Gasteiger partial charge in [0.25, 0.3) is 5.91 Å². The zero-order valence-corrected chi connectivity index (χ0v) is 18.2. The van der Waals surface area contributed by atoms with Crippen LogP contribution in [0.1, 0.15) is 17.0 Å². The van der Waals surface area contributed by atoms with Crippen LogP contribution in [-0.4, -0.2) is 37.7 Å². The van der Waals surface area contributed by atoms with Crippen molar-refractivity contribution in [2.45, 2.75) is 20.0 Å². The molecule has 3 heterocycles. The van der Waals surface area contributed by atoms with Gasteiger partial charge in [0.1, 0.15) is 0 Å². The molecule has 0 spiro atoms. The molecule has 0 atom stereocenters. The van der Waals surface area contributed by atoms with E-state index in [1.54, 1.807) is 31.2 Å². The summed E-state index contributed by atoms with van der Waals surface area (Å²) in [6.07, 6.45) is -3.28. The van der Waals surface area contributed by atoms with Gasteiger partial charge in [0.05, 0.1) is 16.3 Å². The first kappa shape index (κ1) is 21.7. The molecule has 0 fully saturated rings. The minimum absolute atomic E-state index is 0.172. The predicted octanol–water partition coefficient (Wildman–Crippen LogP) is 5.58. The van der Waals surface area contributed by atoms with Gasteiger partial charge in [0.15, 0.2) is 5.84 Å². The predicted molar refractivity (Wildman–Crippen MR) is 116 cm³/mol. The van der Waals surface area contributed by atoms with E-state index in [0.29, 0.717) is 32.0 Å². The van der Waals surface area contributed by atoms with Crippen molar-refractivity contribution in [1.29, 1.82) is 5.41 Å². The number of alkyl halides is 3. The van der Waals surface area contributed by atoms with E-state index in [4.69, 9.17) is 28.6 Å². The fraction of sp³-hybridized carbons (Fsp3) is 0.158. The monoisotopic (exact) mass is 485 g/mol. The molecule has 2 aliphatic heterocycles. The number of aryl methyl sites for hydroxylation is 1. The van der Waals surface area contributed by atoms with Crippen LogP contribution in [0.15, 0.2) is 39.9 Å². The van der Waals surface area contributed by atoms with Crippen LogP contribution in [-0.2, 0) is 4.79 Å². The number of rotatable bonds is 2. The molecule has 0 radical (unpaired) electrons. The van der Waals surface area contributed by atoms with E-state index in [2.05, 4.69) is 10.1 Å². The van der Waals surface area contributed by atoms with Crippen LogP contribution in [0.5, 0.6) is 0 Å². The summed E-state index contributed by atoms with van der Waals surface area (Å²) >= 11 is 12.6. The molecule has 1 amide bonds. The minimum Gasteiger partial charge on any atom is -0.316 e. The average molecular weight is 486 g/mol. The van der Waals surface area contributed by atoms with Crippen molar-refractivity contribution in [1.82, 2.24) is 9.58 Å². The van der Waals surface area contributed by atoms with E-state index in [1.165, 1.54) is 6.08 Å². The summed E-state index contributed by atoms with van der Waals surface area (Å²) in [6, 6.07) is 6.78. The van der Waals surface area contributed by atoms with Gasteiger partial charge in [-0.3, -0.25) is 10.2 Å². The smallest absolute Gasteiger partial charge is 0.316 e. The summed E-state index contributed by atoms with van der Waals surface area (Å²) in [5.41, 5.74) is 2.51. The van der Waals surface area contributed by atoms with Crippen LogP contribution >= 0.6 is 35.0 Å².